The summed E-state index contributed by atoms with van der Waals surface area (Å²) in [5, 5.41) is 3.76. The van der Waals surface area contributed by atoms with Crippen molar-refractivity contribution in [2.45, 2.75) is 18.9 Å². The molecule has 8 heteroatoms. The van der Waals surface area contributed by atoms with Crippen LogP contribution in [0.15, 0.2) is 43.0 Å². The van der Waals surface area contributed by atoms with E-state index >= 15 is 0 Å². The molecule has 3 aromatic rings. The number of aromatic nitrogens is 3. The first-order valence-electron chi connectivity index (χ1n) is 10.1. The summed E-state index contributed by atoms with van der Waals surface area (Å²) >= 11 is 0. The van der Waals surface area contributed by atoms with E-state index in [1.54, 1.807) is 24.7 Å². The fourth-order valence-corrected chi connectivity index (χ4v) is 4.10. The molecule has 0 atom stereocenters. The number of hydrogen-bond donors (Lipinski definition) is 1. The Labute approximate surface area is 173 Å². The first-order chi connectivity index (χ1) is 14.7. The van der Waals surface area contributed by atoms with Crippen LogP contribution >= 0.6 is 0 Å². The van der Waals surface area contributed by atoms with E-state index in [1.807, 2.05) is 6.07 Å². The third-order valence-electron chi connectivity index (χ3n) is 5.90. The highest BCUT2D eigenvalue weighted by Crippen LogP contribution is 2.33. The standard InChI is InChI=1S/C22H22FN5O2/c23-18-6-17(10-24-12-18)16-5-14-9-21(26-13-20(14)25-11-16)27-22(29)15-7-19(8-15)28-1-3-30-4-2-28/h5-6,9-13,15,19H,1-4,7-8H2,(H,26,27,29). The normalized spacial score (nSPS) is 21.9. The van der Waals surface area contributed by atoms with E-state index in [9.17, 15) is 9.18 Å². The van der Waals surface area contributed by atoms with Crippen LogP contribution < -0.4 is 5.32 Å². The third-order valence-corrected chi connectivity index (χ3v) is 5.90. The molecule has 2 fully saturated rings. The quantitative estimate of drug-likeness (QED) is 0.716. The van der Waals surface area contributed by atoms with E-state index in [0.717, 1.165) is 50.1 Å². The second-order valence-electron chi connectivity index (χ2n) is 7.84. The van der Waals surface area contributed by atoms with Gasteiger partial charge in [-0.1, -0.05) is 0 Å². The van der Waals surface area contributed by atoms with Crippen molar-refractivity contribution in [3.05, 3.63) is 48.8 Å². The van der Waals surface area contributed by atoms with Gasteiger partial charge in [0.1, 0.15) is 11.6 Å². The number of carbonyl (C=O) groups excluding carboxylic acids is 1. The summed E-state index contributed by atoms with van der Waals surface area (Å²) in [7, 11) is 0. The van der Waals surface area contributed by atoms with Crippen LogP contribution in [0, 0.1) is 11.7 Å². The molecule has 1 saturated heterocycles. The summed E-state index contributed by atoms with van der Waals surface area (Å²) in [6.45, 7) is 3.44. The van der Waals surface area contributed by atoms with Crippen molar-refractivity contribution >= 4 is 22.6 Å². The van der Waals surface area contributed by atoms with Gasteiger partial charge in [0, 0.05) is 54.0 Å². The molecular weight excluding hydrogens is 385 g/mol. The Bertz CT molecular complexity index is 1080. The summed E-state index contributed by atoms with van der Waals surface area (Å²) in [6.07, 6.45) is 7.81. The van der Waals surface area contributed by atoms with Crippen molar-refractivity contribution in [3.63, 3.8) is 0 Å². The van der Waals surface area contributed by atoms with Gasteiger partial charge >= 0.3 is 0 Å². The SMILES string of the molecule is O=C(Nc1cc2cc(-c3cncc(F)c3)cnc2cn1)C1CC(N2CCOCC2)C1. The molecule has 1 aliphatic carbocycles. The Morgan fingerprint density at radius 3 is 2.63 bits per heavy atom. The van der Waals surface area contributed by atoms with Crippen LogP contribution in [0.4, 0.5) is 10.2 Å². The molecule has 0 spiro atoms. The summed E-state index contributed by atoms with van der Waals surface area (Å²) in [5.41, 5.74) is 2.11. The van der Waals surface area contributed by atoms with E-state index in [2.05, 4.69) is 25.2 Å². The van der Waals surface area contributed by atoms with Crippen LogP contribution in [0.5, 0.6) is 0 Å². The Balaban J connectivity index is 1.27. The lowest BCUT2D eigenvalue weighted by atomic mass is 9.78. The predicted octanol–water partition coefficient (Wildman–Crippen LogP) is 2.88. The number of rotatable bonds is 4. The molecule has 0 unspecified atom stereocenters. The fraction of sp³-hybridized carbons (Fsp3) is 0.364. The maximum absolute atomic E-state index is 13.5. The van der Waals surface area contributed by atoms with E-state index < -0.39 is 5.82 Å². The molecule has 7 nitrogen and oxygen atoms in total. The second kappa shape index (κ2) is 8.04. The van der Waals surface area contributed by atoms with Gasteiger partial charge in [0.25, 0.3) is 0 Å². The molecule has 0 radical (unpaired) electrons. The first-order valence-corrected chi connectivity index (χ1v) is 10.1. The fourth-order valence-electron chi connectivity index (χ4n) is 4.10. The zero-order chi connectivity index (χ0) is 20.5. The van der Waals surface area contributed by atoms with Crippen LogP contribution in [0.25, 0.3) is 22.0 Å². The Morgan fingerprint density at radius 1 is 1.03 bits per heavy atom. The minimum absolute atomic E-state index is 0.00445. The average molecular weight is 407 g/mol. The van der Waals surface area contributed by atoms with Gasteiger partial charge in [0.15, 0.2) is 0 Å². The van der Waals surface area contributed by atoms with Crippen molar-refractivity contribution < 1.29 is 13.9 Å². The van der Waals surface area contributed by atoms with E-state index in [-0.39, 0.29) is 11.8 Å². The minimum atomic E-state index is -0.397. The molecule has 1 saturated carbocycles. The highest BCUT2D eigenvalue weighted by atomic mass is 19.1. The predicted molar refractivity (Wildman–Crippen MR) is 110 cm³/mol. The molecule has 0 aromatic carbocycles. The summed E-state index contributed by atoms with van der Waals surface area (Å²) in [6, 6.07) is 5.59. The van der Waals surface area contributed by atoms with Crippen molar-refractivity contribution in [1.29, 1.82) is 0 Å². The minimum Gasteiger partial charge on any atom is -0.379 e. The maximum Gasteiger partial charge on any atom is 0.228 e. The number of carbonyl (C=O) groups is 1. The summed E-state index contributed by atoms with van der Waals surface area (Å²) < 4.78 is 18.9. The number of hydrogen-bond acceptors (Lipinski definition) is 6. The van der Waals surface area contributed by atoms with E-state index in [4.69, 9.17) is 4.74 Å². The second-order valence-corrected chi connectivity index (χ2v) is 7.84. The molecule has 1 aliphatic heterocycles. The van der Waals surface area contributed by atoms with Crippen LogP contribution in [0.2, 0.25) is 0 Å². The molecule has 4 heterocycles. The lowest BCUT2D eigenvalue weighted by molar-refractivity contribution is -0.125. The van der Waals surface area contributed by atoms with E-state index in [1.165, 1.54) is 12.3 Å². The van der Waals surface area contributed by atoms with E-state index in [0.29, 0.717) is 22.9 Å². The summed E-state index contributed by atoms with van der Waals surface area (Å²) in [4.78, 5) is 27.6. The molecule has 3 aromatic heterocycles. The smallest absolute Gasteiger partial charge is 0.228 e. The van der Waals surface area contributed by atoms with Gasteiger partial charge in [-0.05, 0) is 31.0 Å². The maximum atomic E-state index is 13.5. The van der Waals surface area contributed by atoms with Crippen molar-refractivity contribution in [2.24, 2.45) is 5.92 Å². The monoisotopic (exact) mass is 407 g/mol. The molecule has 5 rings (SSSR count). The number of nitrogens with one attached hydrogen (secondary N) is 1. The number of morpholine rings is 1. The third kappa shape index (κ3) is 3.88. The lowest BCUT2D eigenvalue weighted by Crippen LogP contribution is -2.52. The number of anilines is 1. The van der Waals surface area contributed by atoms with Gasteiger partial charge in [-0.15, -0.1) is 0 Å². The molecule has 30 heavy (non-hydrogen) atoms. The van der Waals surface area contributed by atoms with Crippen molar-refractivity contribution in [2.75, 3.05) is 31.6 Å². The molecule has 1 N–H and O–H groups in total. The number of fused-ring (bicyclic) bond motifs is 1. The zero-order valence-electron chi connectivity index (χ0n) is 16.4. The van der Waals surface area contributed by atoms with Crippen LogP contribution in [-0.2, 0) is 9.53 Å². The highest BCUT2D eigenvalue weighted by molar-refractivity contribution is 5.94. The van der Waals surface area contributed by atoms with Gasteiger partial charge in [-0.25, -0.2) is 9.37 Å². The summed E-state index contributed by atoms with van der Waals surface area (Å²) in [5.74, 6) is 0.118. The largest absolute Gasteiger partial charge is 0.379 e. The molecule has 1 amide bonds. The van der Waals surface area contributed by atoms with Crippen LogP contribution in [-0.4, -0.2) is 58.1 Å². The lowest BCUT2D eigenvalue weighted by Gasteiger charge is -2.43. The molecule has 0 bridgehead atoms. The number of pyridine rings is 3. The molecule has 2 aliphatic rings. The number of halogens is 1. The topological polar surface area (TPSA) is 80.2 Å². The Morgan fingerprint density at radius 2 is 1.83 bits per heavy atom. The van der Waals surface area contributed by atoms with Crippen LogP contribution in [0.3, 0.4) is 0 Å². The molecular formula is C22H22FN5O2. The highest BCUT2D eigenvalue weighted by Gasteiger charge is 2.38. The van der Waals surface area contributed by atoms with Gasteiger partial charge in [0.2, 0.25) is 5.91 Å². The van der Waals surface area contributed by atoms with Crippen molar-refractivity contribution in [1.82, 2.24) is 19.9 Å². The van der Waals surface area contributed by atoms with Gasteiger partial charge in [0.05, 0.1) is 31.1 Å². The first kappa shape index (κ1) is 19.0. The average Bonchev–Trinajstić information content (AvgIpc) is 2.73. The van der Waals surface area contributed by atoms with Crippen molar-refractivity contribution in [3.8, 4) is 11.1 Å². The molecule has 154 valence electrons. The van der Waals surface area contributed by atoms with Gasteiger partial charge in [-0.3, -0.25) is 19.7 Å². The number of amides is 1. The zero-order valence-corrected chi connectivity index (χ0v) is 16.4. The van der Waals surface area contributed by atoms with Gasteiger partial charge < -0.3 is 10.1 Å². The Kier molecular flexibility index (Phi) is 5.10. The number of nitrogens with zero attached hydrogens (tertiary/aromatic N) is 4. The van der Waals surface area contributed by atoms with Gasteiger partial charge in [-0.2, -0.15) is 0 Å². The Hall–Kier alpha value is -2.97. The van der Waals surface area contributed by atoms with Crippen LogP contribution in [0.1, 0.15) is 12.8 Å². The number of ether oxygens (including phenoxy) is 1.